The van der Waals surface area contributed by atoms with E-state index in [1.807, 2.05) is 31.2 Å². The third kappa shape index (κ3) is 3.95. The molecule has 0 spiro atoms. The van der Waals surface area contributed by atoms with Crippen molar-refractivity contribution in [1.29, 1.82) is 0 Å². The number of hydrogen-bond acceptors (Lipinski definition) is 3. The van der Waals surface area contributed by atoms with E-state index in [9.17, 15) is 4.79 Å². The SMILES string of the molecule is CCCCN(CCO)C(=O)Nc1cc(C)cc2cccnc12. The normalized spacial score (nSPS) is 10.7. The monoisotopic (exact) mass is 301 g/mol. The molecule has 2 amide bonds. The minimum atomic E-state index is -0.194. The van der Waals surface area contributed by atoms with Crippen LogP contribution >= 0.6 is 0 Å². The van der Waals surface area contributed by atoms with Crippen LogP contribution in [0.1, 0.15) is 25.3 Å². The largest absolute Gasteiger partial charge is 0.395 e. The molecule has 0 saturated carbocycles. The molecule has 1 aromatic carbocycles. The molecule has 0 aliphatic carbocycles. The van der Waals surface area contributed by atoms with Gasteiger partial charge < -0.3 is 15.3 Å². The summed E-state index contributed by atoms with van der Waals surface area (Å²) in [5, 5.41) is 13.1. The fraction of sp³-hybridized carbons (Fsp3) is 0.412. The Morgan fingerprint density at radius 3 is 2.91 bits per heavy atom. The Labute approximate surface area is 131 Å². The topological polar surface area (TPSA) is 65.5 Å². The van der Waals surface area contributed by atoms with Crippen LogP contribution in [0.25, 0.3) is 10.9 Å². The van der Waals surface area contributed by atoms with E-state index in [2.05, 4.69) is 17.2 Å². The number of urea groups is 1. The number of nitrogens with one attached hydrogen (secondary N) is 1. The number of aliphatic hydroxyl groups is 1. The fourth-order valence-corrected chi connectivity index (χ4v) is 2.42. The predicted octanol–water partition coefficient (Wildman–Crippen LogP) is 3.17. The summed E-state index contributed by atoms with van der Waals surface area (Å²) >= 11 is 0. The molecule has 0 unspecified atom stereocenters. The van der Waals surface area contributed by atoms with Crippen molar-refractivity contribution in [2.24, 2.45) is 0 Å². The third-order valence-corrected chi connectivity index (χ3v) is 3.53. The van der Waals surface area contributed by atoms with Gasteiger partial charge in [-0.2, -0.15) is 0 Å². The highest BCUT2D eigenvalue weighted by Gasteiger charge is 2.14. The lowest BCUT2D eigenvalue weighted by Crippen LogP contribution is -2.37. The second kappa shape index (κ2) is 7.75. The lowest BCUT2D eigenvalue weighted by molar-refractivity contribution is 0.187. The molecule has 0 saturated heterocycles. The zero-order chi connectivity index (χ0) is 15.9. The Kier molecular flexibility index (Phi) is 5.72. The minimum Gasteiger partial charge on any atom is -0.395 e. The van der Waals surface area contributed by atoms with Crippen LogP contribution in [-0.4, -0.2) is 40.7 Å². The second-order valence-electron chi connectivity index (χ2n) is 5.38. The van der Waals surface area contributed by atoms with Crippen molar-refractivity contribution in [3.05, 3.63) is 36.0 Å². The molecule has 1 heterocycles. The Balaban J connectivity index is 2.23. The molecule has 0 atom stereocenters. The standard InChI is InChI=1S/C17H23N3O2/c1-3-4-8-20(9-10-21)17(22)19-15-12-13(2)11-14-6-5-7-18-16(14)15/h5-7,11-12,21H,3-4,8-10H2,1-2H3,(H,19,22). The number of anilines is 1. The molecule has 1 aromatic heterocycles. The number of aryl methyl sites for hydroxylation is 1. The summed E-state index contributed by atoms with van der Waals surface area (Å²) in [6, 6.07) is 7.63. The Morgan fingerprint density at radius 2 is 2.18 bits per heavy atom. The smallest absolute Gasteiger partial charge is 0.321 e. The van der Waals surface area contributed by atoms with Crippen molar-refractivity contribution in [3.8, 4) is 0 Å². The predicted molar refractivity (Wildman–Crippen MR) is 89.1 cm³/mol. The van der Waals surface area contributed by atoms with Gasteiger partial charge in [-0.3, -0.25) is 4.98 Å². The first kappa shape index (κ1) is 16.2. The van der Waals surface area contributed by atoms with E-state index in [1.165, 1.54) is 0 Å². The van der Waals surface area contributed by atoms with E-state index in [0.717, 1.165) is 29.3 Å². The third-order valence-electron chi connectivity index (χ3n) is 3.53. The average Bonchev–Trinajstić information content (AvgIpc) is 2.51. The van der Waals surface area contributed by atoms with Crippen LogP contribution in [0.3, 0.4) is 0 Å². The second-order valence-corrected chi connectivity index (χ2v) is 5.38. The Hall–Kier alpha value is -2.14. The molecule has 2 aromatic rings. The number of hydrogen-bond donors (Lipinski definition) is 2. The zero-order valence-corrected chi connectivity index (χ0v) is 13.2. The van der Waals surface area contributed by atoms with E-state index >= 15 is 0 Å². The number of benzene rings is 1. The van der Waals surface area contributed by atoms with Crippen LogP contribution in [0.5, 0.6) is 0 Å². The van der Waals surface area contributed by atoms with E-state index < -0.39 is 0 Å². The summed E-state index contributed by atoms with van der Waals surface area (Å²) in [5.41, 5.74) is 2.55. The maximum atomic E-state index is 12.4. The van der Waals surface area contributed by atoms with Crippen molar-refractivity contribution in [2.75, 3.05) is 25.0 Å². The van der Waals surface area contributed by atoms with Gasteiger partial charge in [0.1, 0.15) is 0 Å². The highest BCUT2D eigenvalue weighted by atomic mass is 16.3. The number of fused-ring (bicyclic) bond motifs is 1. The highest BCUT2D eigenvalue weighted by Crippen LogP contribution is 2.23. The number of unbranched alkanes of at least 4 members (excludes halogenated alkanes) is 1. The lowest BCUT2D eigenvalue weighted by Gasteiger charge is -2.22. The molecule has 5 nitrogen and oxygen atoms in total. The van der Waals surface area contributed by atoms with Gasteiger partial charge in [0.2, 0.25) is 0 Å². The van der Waals surface area contributed by atoms with E-state index in [0.29, 0.717) is 18.8 Å². The molecule has 5 heteroatoms. The zero-order valence-electron chi connectivity index (χ0n) is 13.2. The van der Waals surface area contributed by atoms with Gasteiger partial charge in [0.15, 0.2) is 0 Å². The van der Waals surface area contributed by atoms with Crippen molar-refractivity contribution in [2.45, 2.75) is 26.7 Å². The van der Waals surface area contributed by atoms with Crippen molar-refractivity contribution >= 4 is 22.6 Å². The molecule has 22 heavy (non-hydrogen) atoms. The summed E-state index contributed by atoms with van der Waals surface area (Å²) in [5.74, 6) is 0. The van der Waals surface area contributed by atoms with E-state index in [4.69, 9.17) is 5.11 Å². The van der Waals surface area contributed by atoms with Crippen LogP contribution in [0, 0.1) is 6.92 Å². The molecule has 2 rings (SSSR count). The molecule has 2 N–H and O–H groups in total. The summed E-state index contributed by atoms with van der Waals surface area (Å²) in [7, 11) is 0. The number of aliphatic hydroxyl groups excluding tert-OH is 1. The van der Waals surface area contributed by atoms with Gasteiger partial charge in [-0.1, -0.05) is 19.4 Å². The molecular formula is C17H23N3O2. The summed E-state index contributed by atoms with van der Waals surface area (Å²) in [4.78, 5) is 18.4. The van der Waals surface area contributed by atoms with Crippen LogP contribution in [-0.2, 0) is 0 Å². The number of carbonyl (C=O) groups is 1. The van der Waals surface area contributed by atoms with Gasteiger partial charge in [-0.15, -0.1) is 0 Å². The van der Waals surface area contributed by atoms with Gasteiger partial charge >= 0.3 is 6.03 Å². The first-order chi connectivity index (χ1) is 10.7. The number of rotatable bonds is 6. The number of aromatic nitrogens is 1. The van der Waals surface area contributed by atoms with Crippen LogP contribution in [0.4, 0.5) is 10.5 Å². The number of amides is 2. The number of carbonyl (C=O) groups excluding carboxylic acids is 1. The van der Waals surface area contributed by atoms with Gasteiger partial charge in [0, 0.05) is 24.7 Å². The quantitative estimate of drug-likeness (QED) is 0.861. The molecule has 0 radical (unpaired) electrons. The molecule has 0 aliphatic rings. The van der Waals surface area contributed by atoms with E-state index in [-0.39, 0.29) is 12.6 Å². The van der Waals surface area contributed by atoms with Gasteiger partial charge in [-0.05, 0) is 37.1 Å². The molecule has 118 valence electrons. The highest BCUT2D eigenvalue weighted by molar-refractivity contribution is 6.00. The van der Waals surface area contributed by atoms with Crippen molar-refractivity contribution < 1.29 is 9.90 Å². The molecule has 0 bridgehead atoms. The Bertz CT molecular complexity index is 643. The van der Waals surface area contributed by atoms with Crippen molar-refractivity contribution in [3.63, 3.8) is 0 Å². The maximum absolute atomic E-state index is 12.4. The number of nitrogens with zero attached hydrogens (tertiary/aromatic N) is 2. The molecule has 0 aliphatic heterocycles. The maximum Gasteiger partial charge on any atom is 0.321 e. The van der Waals surface area contributed by atoms with E-state index in [1.54, 1.807) is 11.1 Å². The summed E-state index contributed by atoms with van der Waals surface area (Å²) in [6.07, 6.45) is 3.64. The first-order valence-corrected chi connectivity index (χ1v) is 7.68. The first-order valence-electron chi connectivity index (χ1n) is 7.68. The molecule has 0 fully saturated rings. The lowest BCUT2D eigenvalue weighted by atomic mass is 10.1. The van der Waals surface area contributed by atoms with Crippen molar-refractivity contribution in [1.82, 2.24) is 9.88 Å². The van der Waals surface area contributed by atoms with Gasteiger partial charge in [-0.25, -0.2) is 4.79 Å². The van der Waals surface area contributed by atoms with Gasteiger partial charge in [0.05, 0.1) is 17.8 Å². The summed E-state index contributed by atoms with van der Waals surface area (Å²) in [6.45, 7) is 5.00. The average molecular weight is 301 g/mol. The Morgan fingerprint density at radius 1 is 1.36 bits per heavy atom. The molecular weight excluding hydrogens is 278 g/mol. The van der Waals surface area contributed by atoms with Crippen LogP contribution in [0.2, 0.25) is 0 Å². The number of pyridine rings is 1. The minimum absolute atomic E-state index is 0.0377. The van der Waals surface area contributed by atoms with Gasteiger partial charge in [0.25, 0.3) is 0 Å². The summed E-state index contributed by atoms with van der Waals surface area (Å²) < 4.78 is 0. The van der Waals surface area contributed by atoms with Crippen LogP contribution < -0.4 is 5.32 Å². The van der Waals surface area contributed by atoms with Crippen LogP contribution in [0.15, 0.2) is 30.5 Å². The fourth-order valence-electron chi connectivity index (χ4n) is 2.42.